The molecule has 9 heteroatoms. The lowest BCUT2D eigenvalue weighted by Crippen LogP contribution is -2.70. The van der Waals surface area contributed by atoms with Crippen LogP contribution in [0.1, 0.15) is 118 Å². The van der Waals surface area contributed by atoms with Gasteiger partial charge in [0.05, 0.1) is 36.1 Å². The van der Waals surface area contributed by atoms with Gasteiger partial charge in [-0.2, -0.15) is 0 Å². The Labute approximate surface area is 350 Å². The van der Waals surface area contributed by atoms with Crippen molar-refractivity contribution in [2.45, 2.75) is 157 Å². The van der Waals surface area contributed by atoms with E-state index in [1.165, 1.54) is 5.57 Å². The Morgan fingerprint density at radius 1 is 0.845 bits per heavy atom. The topological polar surface area (TPSA) is 102 Å². The molecule has 58 heavy (non-hydrogen) atoms. The summed E-state index contributed by atoms with van der Waals surface area (Å²) in [5.74, 6) is -0.421. The number of aliphatic hydroxyl groups is 1. The lowest BCUT2D eigenvalue weighted by Gasteiger charge is -2.72. The van der Waals surface area contributed by atoms with Crippen LogP contribution in [0.2, 0.25) is 25.7 Å². The van der Waals surface area contributed by atoms with E-state index in [2.05, 4.69) is 72.2 Å². The number of nitrogens with zero attached hydrogens (tertiary/aromatic N) is 1. The highest BCUT2D eigenvalue weighted by Crippen LogP contribution is 2.76. The number of benzene rings is 1. The molecule has 6 aliphatic rings. The first-order valence-electron chi connectivity index (χ1n) is 22.8. The van der Waals surface area contributed by atoms with Crippen LogP contribution in [-0.2, 0) is 35.2 Å². The second kappa shape index (κ2) is 15.4. The Hall–Kier alpha value is -2.49. The first kappa shape index (κ1) is 43.6. The van der Waals surface area contributed by atoms with E-state index >= 15 is 0 Å². The molecule has 1 heterocycles. The molecule has 7 rings (SSSR count). The maximum Gasteiger partial charge on any atom is 0.314 e. The van der Waals surface area contributed by atoms with Crippen molar-refractivity contribution in [3.8, 4) is 0 Å². The standard InChI is InChI=1S/C49H75NO7Si/c1-11-55-41(52)34-19-26-50(31-34)39-18-20-46(4)38(49(39,7)43(54)57-32-33-15-13-12-14-16-33)17-21-48(6)40(46)37(51)29-35-36-30-45(3,42(53)56-27-28-58(8,9)10)23-22-44(36,2)24-25-47(35,48)5/h12-16,29,34,36-40,51H,11,17-28,30-32H2,1-10H3/t34-,36+,37?,38?,39+,40-,44-,45+,46+,47-,48-,49+/m1/s1. The molecule has 1 aromatic carbocycles. The van der Waals surface area contributed by atoms with Crippen molar-refractivity contribution < 1.29 is 33.7 Å². The Morgan fingerprint density at radius 2 is 1.55 bits per heavy atom. The summed E-state index contributed by atoms with van der Waals surface area (Å²) >= 11 is 0. The van der Waals surface area contributed by atoms with Crippen molar-refractivity contribution in [2.24, 2.45) is 56.2 Å². The molecule has 1 aliphatic heterocycles. The molecule has 0 amide bonds. The van der Waals surface area contributed by atoms with Crippen molar-refractivity contribution in [1.82, 2.24) is 4.90 Å². The van der Waals surface area contributed by atoms with Gasteiger partial charge >= 0.3 is 17.9 Å². The average Bonchev–Trinajstić information content (AvgIpc) is 3.65. The molecule has 0 aromatic heterocycles. The van der Waals surface area contributed by atoms with Crippen LogP contribution in [0.15, 0.2) is 42.0 Å². The van der Waals surface area contributed by atoms with Crippen LogP contribution < -0.4 is 0 Å². The maximum absolute atomic E-state index is 15.0. The number of rotatable bonds is 10. The Morgan fingerprint density at radius 3 is 2.24 bits per heavy atom. The zero-order valence-electron chi connectivity index (χ0n) is 37.6. The summed E-state index contributed by atoms with van der Waals surface area (Å²) in [5.41, 5.74) is 0.319. The summed E-state index contributed by atoms with van der Waals surface area (Å²) in [5, 5.41) is 12.8. The Bertz CT molecular complexity index is 1760. The van der Waals surface area contributed by atoms with Crippen molar-refractivity contribution >= 4 is 26.0 Å². The summed E-state index contributed by atoms with van der Waals surface area (Å²) in [7, 11) is -1.34. The number of likely N-dealkylation sites (tertiary alicyclic amines) is 1. The fourth-order valence-corrected chi connectivity index (χ4v) is 14.9. The first-order valence-corrected chi connectivity index (χ1v) is 26.6. The minimum absolute atomic E-state index is 0.0206. The third kappa shape index (κ3) is 7.16. The van der Waals surface area contributed by atoms with Gasteiger partial charge in [0, 0.05) is 26.6 Å². The van der Waals surface area contributed by atoms with Crippen molar-refractivity contribution in [3.63, 3.8) is 0 Å². The van der Waals surface area contributed by atoms with Gasteiger partial charge in [0.2, 0.25) is 0 Å². The van der Waals surface area contributed by atoms with E-state index in [1.54, 1.807) is 0 Å². The van der Waals surface area contributed by atoms with Crippen LogP contribution in [0.5, 0.6) is 0 Å². The molecule has 8 nitrogen and oxygen atoms in total. The molecule has 322 valence electrons. The summed E-state index contributed by atoms with van der Waals surface area (Å²) in [6.07, 6.45) is 10.5. The molecule has 1 aromatic rings. The van der Waals surface area contributed by atoms with Crippen molar-refractivity contribution in [1.29, 1.82) is 0 Å². The summed E-state index contributed by atoms with van der Waals surface area (Å²) in [6.45, 7) is 25.3. The number of aliphatic hydroxyl groups excluding tert-OH is 1. The monoisotopic (exact) mass is 818 g/mol. The molecule has 1 N–H and O–H groups in total. The number of allylic oxidation sites excluding steroid dienone is 1. The summed E-state index contributed by atoms with van der Waals surface area (Å²) in [4.78, 5) is 44.2. The SMILES string of the molecule is CCOC(=O)[C@@H]1CCN([C@H]2CC[C@@]3(C)C(CC[C@]4(C)[C@@H]3C(O)C=C3[C@@H]5C[C@@](C)(C(=O)OCC[Si](C)(C)C)CC[C@]5(C)CC[C@]34C)[C@]2(C)C(=O)OCc2ccccc2)C1. The zero-order valence-corrected chi connectivity index (χ0v) is 38.6. The average molecular weight is 818 g/mol. The van der Waals surface area contributed by atoms with Crippen LogP contribution in [0.3, 0.4) is 0 Å². The summed E-state index contributed by atoms with van der Waals surface area (Å²) in [6, 6.07) is 10.8. The number of carbonyl (C=O) groups is 3. The predicted molar refractivity (Wildman–Crippen MR) is 230 cm³/mol. The fourth-order valence-electron chi connectivity index (χ4n) is 14.2. The minimum Gasteiger partial charge on any atom is -0.466 e. The van der Waals surface area contributed by atoms with Gasteiger partial charge in [-0.3, -0.25) is 19.3 Å². The Balaban J connectivity index is 1.21. The maximum atomic E-state index is 15.0. The molecule has 12 atom stereocenters. The number of ether oxygens (including phenoxy) is 3. The van der Waals surface area contributed by atoms with Gasteiger partial charge in [0.25, 0.3) is 0 Å². The van der Waals surface area contributed by atoms with E-state index in [1.807, 2.05) is 37.3 Å². The number of hydrogen-bond acceptors (Lipinski definition) is 8. The van der Waals surface area contributed by atoms with Crippen LogP contribution in [0.4, 0.5) is 0 Å². The largest absolute Gasteiger partial charge is 0.466 e. The van der Waals surface area contributed by atoms with E-state index in [9.17, 15) is 19.5 Å². The second-order valence-corrected chi connectivity index (χ2v) is 28.1. The molecular formula is C49H75NO7Si. The van der Waals surface area contributed by atoms with Gasteiger partial charge < -0.3 is 19.3 Å². The number of fused-ring (bicyclic) bond motifs is 7. The predicted octanol–water partition coefficient (Wildman–Crippen LogP) is 9.62. The highest BCUT2D eigenvalue weighted by Gasteiger charge is 2.72. The van der Waals surface area contributed by atoms with Gasteiger partial charge in [-0.1, -0.05) is 89.3 Å². The van der Waals surface area contributed by atoms with Gasteiger partial charge in [0.15, 0.2) is 0 Å². The zero-order chi connectivity index (χ0) is 42.1. The van der Waals surface area contributed by atoms with E-state index in [-0.39, 0.29) is 75.9 Å². The van der Waals surface area contributed by atoms with Crippen molar-refractivity contribution in [3.05, 3.63) is 47.5 Å². The summed E-state index contributed by atoms with van der Waals surface area (Å²) < 4.78 is 17.9. The van der Waals surface area contributed by atoms with Crippen molar-refractivity contribution in [2.75, 3.05) is 26.3 Å². The van der Waals surface area contributed by atoms with E-state index < -0.39 is 25.0 Å². The normalized spacial score (nSPS) is 42.5. The lowest BCUT2D eigenvalue weighted by molar-refractivity contribution is -0.228. The number of esters is 3. The van der Waals surface area contributed by atoms with E-state index in [0.717, 1.165) is 82.4 Å². The van der Waals surface area contributed by atoms with Gasteiger partial charge in [-0.25, -0.2) is 0 Å². The first-order chi connectivity index (χ1) is 27.2. The van der Waals surface area contributed by atoms with Crippen LogP contribution in [-0.4, -0.2) is 74.4 Å². The quantitative estimate of drug-likeness (QED) is 0.108. The van der Waals surface area contributed by atoms with Crippen LogP contribution in [0.25, 0.3) is 0 Å². The lowest BCUT2D eigenvalue weighted by atomic mass is 9.33. The highest BCUT2D eigenvalue weighted by molar-refractivity contribution is 6.76. The molecule has 2 unspecified atom stereocenters. The number of hydrogen-bond donors (Lipinski definition) is 1. The molecule has 5 fully saturated rings. The number of carbonyl (C=O) groups excluding carboxylic acids is 3. The third-order valence-electron chi connectivity index (χ3n) is 17.9. The van der Waals surface area contributed by atoms with Crippen LogP contribution >= 0.6 is 0 Å². The molecule has 4 saturated carbocycles. The molecule has 0 spiro atoms. The van der Waals surface area contributed by atoms with Gasteiger partial charge in [-0.05, 0) is 137 Å². The van der Waals surface area contributed by atoms with E-state index in [0.29, 0.717) is 19.8 Å². The van der Waals surface area contributed by atoms with Gasteiger partial charge in [0.1, 0.15) is 6.61 Å². The minimum atomic E-state index is -1.34. The third-order valence-corrected chi connectivity index (χ3v) is 19.6. The molecule has 1 saturated heterocycles. The van der Waals surface area contributed by atoms with Crippen LogP contribution in [0, 0.1) is 56.2 Å². The second-order valence-electron chi connectivity index (χ2n) is 22.5. The van der Waals surface area contributed by atoms with E-state index in [4.69, 9.17) is 14.2 Å². The molecule has 5 aliphatic carbocycles. The molecular weight excluding hydrogens is 743 g/mol. The highest BCUT2D eigenvalue weighted by atomic mass is 28.3. The molecule has 0 radical (unpaired) electrons. The fraction of sp³-hybridized carbons (Fsp3) is 0.776. The van der Waals surface area contributed by atoms with Gasteiger partial charge in [-0.15, -0.1) is 0 Å². The molecule has 0 bridgehead atoms. The smallest absolute Gasteiger partial charge is 0.314 e. The Kier molecular flexibility index (Phi) is 11.6.